The Labute approximate surface area is 108 Å². The molecule has 0 saturated heterocycles. The smallest absolute Gasteiger partial charge is 0.119 e. The van der Waals surface area contributed by atoms with E-state index in [0.29, 0.717) is 17.2 Å². The van der Waals surface area contributed by atoms with E-state index in [1.54, 1.807) is 18.2 Å². The number of hydrogen-bond donors (Lipinski definition) is 1. The molecule has 0 saturated carbocycles. The molecule has 0 atom stereocenters. The summed E-state index contributed by atoms with van der Waals surface area (Å²) in [5.41, 5.74) is 2.14. The van der Waals surface area contributed by atoms with Crippen molar-refractivity contribution in [3.05, 3.63) is 40.4 Å². The van der Waals surface area contributed by atoms with E-state index in [1.807, 2.05) is 6.92 Å². The zero-order chi connectivity index (χ0) is 12.7. The first-order valence-electron chi connectivity index (χ1n) is 5.66. The van der Waals surface area contributed by atoms with E-state index in [9.17, 15) is 5.11 Å². The number of aromatic hydroxyl groups is 1. The lowest BCUT2D eigenvalue weighted by Crippen LogP contribution is -1.85. The lowest BCUT2D eigenvalue weighted by atomic mass is 10.1. The fourth-order valence-corrected chi connectivity index (χ4v) is 1.68. The third kappa shape index (κ3) is 4.97. The molecule has 1 rings (SSSR count). The van der Waals surface area contributed by atoms with Gasteiger partial charge < -0.3 is 5.11 Å². The van der Waals surface area contributed by atoms with E-state index in [-0.39, 0.29) is 0 Å². The molecule has 0 radical (unpaired) electrons. The highest BCUT2D eigenvalue weighted by atomic mass is 35.5. The molecule has 0 aromatic heterocycles. The third-order valence-electron chi connectivity index (χ3n) is 2.53. The molecule has 0 amide bonds. The van der Waals surface area contributed by atoms with Gasteiger partial charge in [0.25, 0.3) is 0 Å². The van der Waals surface area contributed by atoms with E-state index in [4.69, 9.17) is 11.6 Å². The molecule has 1 aromatic rings. The molecule has 0 bridgehead atoms. The van der Waals surface area contributed by atoms with Crippen LogP contribution in [0.5, 0.6) is 5.75 Å². The zero-order valence-corrected chi connectivity index (χ0v) is 11.0. The van der Waals surface area contributed by atoms with Crippen LogP contribution in [0.2, 0.25) is 5.02 Å². The molecular weight excluding hydrogens is 232 g/mol. The standard InChI is InChI=1S/C15H17ClO/c1-3-4-5-6-12(2)7-8-13-11-14(16)9-10-15(13)17/h7,9-11,17H,5-6,8H2,1-2H3/b12-7+. The minimum absolute atomic E-state index is 0.298. The fourth-order valence-electron chi connectivity index (χ4n) is 1.49. The predicted octanol–water partition coefficient (Wildman–Crippen LogP) is 4.34. The van der Waals surface area contributed by atoms with Crippen LogP contribution in [0.15, 0.2) is 29.8 Å². The summed E-state index contributed by atoms with van der Waals surface area (Å²) < 4.78 is 0. The highest BCUT2D eigenvalue weighted by molar-refractivity contribution is 6.30. The van der Waals surface area contributed by atoms with Gasteiger partial charge in [0.05, 0.1) is 0 Å². The van der Waals surface area contributed by atoms with Gasteiger partial charge in [0.2, 0.25) is 0 Å². The summed E-state index contributed by atoms with van der Waals surface area (Å²) in [6, 6.07) is 5.11. The first-order chi connectivity index (χ1) is 8.13. The maximum absolute atomic E-state index is 9.65. The quantitative estimate of drug-likeness (QED) is 0.621. The Hall–Kier alpha value is -1.39. The number of phenols is 1. The monoisotopic (exact) mass is 248 g/mol. The second-order valence-corrected chi connectivity index (χ2v) is 4.39. The Morgan fingerprint density at radius 1 is 1.47 bits per heavy atom. The first kappa shape index (κ1) is 13.7. The molecule has 0 aliphatic rings. The first-order valence-corrected chi connectivity index (χ1v) is 6.04. The van der Waals surface area contributed by atoms with Crippen LogP contribution < -0.4 is 0 Å². The van der Waals surface area contributed by atoms with E-state index < -0.39 is 0 Å². The third-order valence-corrected chi connectivity index (χ3v) is 2.77. The summed E-state index contributed by atoms with van der Waals surface area (Å²) in [5, 5.41) is 10.3. The van der Waals surface area contributed by atoms with Crippen molar-refractivity contribution in [1.29, 1.82) is 0 Å². The van der Waals surface area contributed by atoms with Gasteiger partial charge in [-0.25, -0.2) is 0 Å². The Balaban J connectivity index is 2.61. The van der Waals surface area contributed by atoms with Gasteiger partial charge in [-0.1, -0.05) is 23.3 Å². The molecule has 2 heteroatoms. The van der Waals surface area contributed by atoms with Gasteiger partial charge in [0, 0.05) is 11.4 Å². The van der Waals surface area contributed by atoms with Crippen molar-refractivity contribution >= 4 is 11.6 Å². The number of hydrogen-bond acceptors (Lipinski definition) is 1. The summed E-state index contributed by atoms with van der Waals surface area (Å²) in [7, 11) is 0. The largest absolute Gasteiger partial charge is 0.508 e. The average Bonchev–Trinajstić information content (AvgIpc) is 2.31. The van der Waals surface area contributed by atoms with Crippen molar-refractivity contribution in [1.82, 2.24) is 0 Å². The predicted molar refractivity (Wildman–Crippen MR) is 73.3 cm³/mol. The van der Waals surface area contributed by atoms with Crippen molar-refractivity contribution in [3.63, 3.8) is 0 Å². The molecule has 1 N–H and O–H groups in total. The topological polar surface area (TPSA) is 20.2 Å². The highest BCUT2D eigenvalue weighted by Gasteiger charge is 2.00. The molecule has 0 heterocycles. The SMILES string of the molecule is CC#CCC/C(C)=C/Cc1cc(Cl)ccc1O. The molecule has 0 aliphatic heterocycles. The van der Waals surface area contributed by atoms with Gasteiger partial charge >= 0.3 is 0 Å². The minimum Gasteiger partial charge on any atom is -0.508 e. The van der Waals surface area contributed by atoms with Crippen LogP contribution in [0.25, 0.3) is 0 Å². The Bertz CT molecular complexity index is 464. The maximum atomic E-state index is 9.65. The molecule has 0 aliphatic carbocycles. The van der Waals surface area contributed by atoms with Crippen LogP contribution in [0.4, 0.5) is 0 Å². The van der Waals surface area contributed by atoms with Crippen LogP contribution in [0, 0.1) is 11.8 Å². The van der Waals surface area contributed by atoms with Crippen molar-refractivity contribution in [2.75, 3.05) is 0 Å². The molecule has 0 unspecified atom stereocenters. The summed E-state index contributed by atoms with van der Waals surface area (Å²) in [4.78, 5) is 0. The maximum Gasteiger partial charge on any atom is 0.119 e. The Morgan fingerprint density at radius 2 is 2.24 bits per heavy atom. The second kappa shape index (κ2) is 7.04. The van der Waals surface area contributed by atoms with E-state index in [0.717, 1.165) is 18.4 Å². The summed E-state index contributed by atoms with van der Waals surface area (Å²) in [6.07, 6.45) is 4.68. The zero-order valence-electron chi connectivity index (χ0n) is 10.3. The molecule has 0 fully saturated rings. The van der Waals surface area contributed by atoms with Crippen molar-refractivity contribution < 1.29 is 5.11 Å². The van der Waals surface area contributed by atoms with Crippen LogP contribution in [-0.4, -0.2) is 5.11 Å². The lowest BCUT2D eigenvalue weighted by molar-refractivity contribution is 0.469. The molecule has 90 valence electrons. The molecule has 17 heavy (non-hydrogen) atoms. The normalized spacial score (nSPS) is 10.9. The summed E-state index contributed by atoms with van der Waals surface area (Å²) in [5.74, 6) is 6.21. The molecular formula is C15H17ClO. The van der Waals surface area contributed by atoms with Crippen molar-refractivity contribution in [3.8, 4) is 17.6 Å². The molecule has 1 nitrogen and oxygen atoms in total. The van der Waals surface area contributed by atoms with Gasteiger partial charge in [0.1, 0.15) is 5.75 Å². The number of halogens is 1. The average molecular weight is 249 g/mol. The lowest BCUT2D eigenvalue weighted by Gasteiger charge is -2.03. The van der Waals surface area contributed by atoms with Crippen molar-refractivity contribution in [2.45, 2.75) is 33.1 Å². The Morgan fingerprint density at radius 3 is 2.94 bits per heavy atom. The molecule has 0 spiro atoms. The van der Waals surface area contributed by atoms with Crippen molar-refractivity contribution in [2.24, 2.45) is 0 Å². The van der Waals surface area contributed by atoms with Crippen LogP contribution >= 0.6 is 11.6 Å². The number of benzene rings is 1. The summed E-state index contributed by atoms with van der Waals surface area (Å²) >= 11 is 5.88. The number of phenolic OH excluding ortho intramolecular Hbond substituents is 1. The van der Waals surface area contributed by atoms with Gasteiger partial charge in [0.15, 0.2) is 0 Å². The van der Waals surface area contributed by atoms with Crippen LogP contribution in [0.3, 0.4) is 0 Å². The summed E-state index contributed by atoms with van der Waals surface area (Å²) in [6.45, 7) is 3.93. The second-order valence-electron chi connectivity index (χ2n) is 3.95. The van der Waals surface area contributed by atoms with E-state index in [2.05, 4.69) is 24.8 Å². The van der Waals surface area contributed by atoms with E-state index in [1.165, 1.54) is 5.57 Å². The number of rotatable bonds is 4. The molecule has 1 aromatic carbocycles. The van der Waals surface area contributed by atoms with E-state index >= 15 is 0 Å². The van der Waals surface area contributed by atoms with Gasteiger partial charge in [-0.15, -0.1) is 11.8 Å². The van der Waals surface area contributed by atoms with Gasteiger partial charge in [-0.3, -0.25) is 0 Å². The fraction of sp³-hybridized carbons (Fsp3) is 0.333. The van der Waals surface area contributed by atoms with Gasteiger partial charge in [-0.2, -0.15) is 0 Å². The van der Waals surface area contributed by atoms with Crippen LogP contribution in [-0.2, 0) is 6.42 Å². The van der Waals surface area contributed by atoms with Gasteiger partial charge in [-0.05, 0) is 50.5 Å². The Kier molecular flexibility index (Phi) is 5.66. The van der Waals surface area contributed by atoms with Crippen LogP contribution in [0.1, 0.15) is 32.3 Å². The highest BCUT2D eigenvalue weighted by Crippen LogP contribution is 2.22. The minimum atomic E-state index is 0.298. The number of allylic oxidation sites excluding steroid dienone is 2.